The lowest BCUT2D eigenvalue weighted by Gasteiger charge is -2.28. The van der Waals surface area contributed by atoms with Gasteiger partial charge in [-0.15, -0.1) is 0 Å². The number of esters is 1. The lowest BCUT2D eigenvalue weighted by Crippen LogP contribution is -2.38. The van der Waals surface area contributed by atoms with E-state index in [0.717, 1.165) is 53.9 Å². The monoisotopic (exact) mass is 435 g/mol. The van der Waals surface area contributed by atoms with Crippen molar-refractivity contribution >= 4 is 23.6 Å². The van der Waals surface area contributed by atoms with Gasteiger partial charge in [0.05, 0.1) is 17.9 Å². The normalized spacial score (nSPS) is 14.3. The molecule has 0 fully saturated rings. The molecule has 6 heteroatoms. The van der Waals surface area contributed by atoms with Gasteiger partial charge in [-0.2, -0.15) is 0 Å². The van der Waals surface area contributed by atoms with Gasteiger partial charge in [-0.05, 0) is 60.7 Å². The van der Waals surface area contributed by atoms with Gasteiger partial charge >= 0.3 is 5.97 Å². The van der Waals surface area contributed by atoms with Gasteiger partial charge in [-0.25, -0.2) is 9.79 Å². The summed E-state index contributed by atoms with van der Waals surface area (Å²) >= 11 is 0. The summed E-state index contributed by atoms with van der Waals surface area (Å²) in [6.07, 6.45) is 3.72. The van der Waals surface area contributed by atoms with E-state index >= 15 is 0 Å². The Labute approximate surface area is 190 Å². The van der Waals surface area contributed by atoms with Crippen molar-refractivity contribution in [3.05, 3.63) is 59.2 Å². The molecule has 0 spiro atoms. The minimum Gasteiger partial charge on any atom is -0.462 e. The average molecular weight is 436 g/mol. The number of carbonyl (C=O) groups is 1. The Morgan fingerprint density at radius 1 is 1.09 bits per heavy atom. The summed E-state index contributed by atoms with van der Waals surface area (Å²) in [6.45, 7) is 8.03. The van der Waals surface area contributed by atoms with E-state index in [0.29, 0.717) is 24.4 Å². The van der Waals surface area contributed by atoms with Crippen molar-refractivity contribution in [1.29, 1.82) is 0 Å². The number of hydrogen-bond acceptors (Lipinski definition) is 6. The molecule has 1 unspecified atom stereocenters. The fraction of sp³-hybridized carbons (Fsp3) is 0.385. The van der Waals surface area contributed by atoms with E-state index in [9.17, 15) is 9.90 Å². The largest absolute Gasteiger partial charge is 0.462 e. The van der Waals surface area contributed by atoms with Gasteiger partial charge in [0.1, 0.15) is 12.1 Å². The van der Waals surface area contributed by atoms with Crippen LogP contribution in [0.3, 0.4) is 0 Å². The minimum atomic E-state index is -0.676. The fourth-order valence-electron chi connectivity index (χ4n) is 3.94. The van der Waals surface area contributed by atoms with Gasteiger partial charge in [-0.3, -0.25) is 4.90 Å². The van der Waals surface area contributed by atoms with E-state index in [4.69, 9.17) is 10.5 Å². The second-order valence-electron chi connectivity index (χ2n) is 7.98. The van der Waals surface area contributed by atoms with Gasteiger partial charge in [0.25, 0.3) is 0 Å². The Bertz CT molecular complexity index is 990. The summed E-state index contributed by atoms with van der Waals surface area (Å²) in [5, 5.41) is 11.0. The zero-order valence-electron chi connectivity index (χ0n) is 19.2. The smallest absolute Gasteiger partial charge is 0.338 e. The van der Waals surface area contributed by atoms with E-state index in [-0.39, 0.29) is 5.97 Å². The number of amidine groups is 1. The predicted molar refractivity (Wildman–Crippen MR) is 130 cm³/mol. The van der Waals surface area contributed by atoms with E-state index in [1.165, 1.54) is 0 Å². The molecule has 0 bridgehead atoms. The first kappa shape index (κ1) is 23.7. The molecular formula is C26H33N3O3. The number of nitrogens with zero attached hydrogens (tertiary/aromatic N) is 2. The third-order valence-corrected chi connectivity index (χ3v) is 5.45. The number of rotatable bonds is 9. The molecule has 32 heavy (non-hydrogen) atoms. The first-order chi connectivity index (χ1) is 15.5. The molecule has 0 saturated heterocycles. The number of ether oxygens (including phenoxy) is 1. The molecule has 3 rings (SSSR count). The Balaban J connectivity index is 1.89. The van der Waals surface area contributed by atoms with Crippen LogP contribution in [-0.4, -0.2) is 47.7 Å². The van der Waals surface area contributed by atoms with Gasteiger partial charge in [0.15, 0.2) is 0 Å². The highest BCUT2D eigenvalue weighted by Crippen LogP contribution is 2.33. The van der Waals surface area contributed by atoms with Crippen LogP contribution in [0.4, 0.5) is 5.69 Å². The molecule has 0 radical (unpaired) electrons. The van der Waals surface area contributed by atoms with Crippen LogP contribution in [0, 0.1) is 0 Å². The molecule has 1 heterocycles. The molecule has 2 aromatic carbocycles. The van der Waals surface area contributed by atoms with Crippen molar-refractivity contribution in [1.82, 2.24) is 4.90 Å². The van der Waals surface area contributed by atoms with Crippen molar-refractivity contribution < 1.29 is 14.6 Å². The van der Waals surface area contributed by atoms with Crippen LogP contribution in [0.15, 0.2) is 53.0 Å². The van der Waals surface area contributed by atoms with Gasteiger partial charge < -0.3 is 15.6 Å². The molecule has 2 aromatic rings. The molecule has 1 aliphatic rings. The highest BCUT2D eigenvalue weighted by Gasteiger charge is 2.22. The standard InChI is InChI=1S/C26H33N3O3/c1-4-13-29(14-5-2)25(30)22-15-21-12-11-20(16-23(21)28-24(27)17-22)18-7-9-19(10-8-18)26(31)32-6-3/h7-12,15-16,25,30H,4-6,13-14,17H2,1-3H3,(H2,27,28). The van der Waals surface area contributed by atoms with Crippen LogP contribution >= 0.6 is 0 Å². The van der Waals surface area contributed by atoms with Crippen LogP contribution in [0.1, 0.15) is 56.0 Å². The minimum absolute atomic E-state index is 0.324. The Kier molecular flexibility index (Phi) is 8.20. The van der Waals surface area contributed by atoms with Crippen LogP contribution < -0.4 is 5.73 Å². The van der Waals surface area contributed by atoms with E-state index < -0.39 is 6.23 Å². The second kappa shape index (κ2) is 11.1. The first-order valence-corrected chi connectivity index (χ1v) is 11.3. The predicted octanol–water partition coefficient (Wildman–Crippen LogP) is 4.75. The topological polar surface area (TPSA) is 88.1 Å². The molecule has 0 aliphatic carbocycles. The van der Waals surface area contributed by atoms with Crippen molar-refractivity contribution in [2.24, 2.45) is 10.7 Å². The molecule has 3 N–H and O–H groups in total. The van der Waals surface area contributed by atoms with Gasteiger partial charge in [0.2, 0.25) is 0 Å². The second-order valence-corrected chi connectivity index (χ2v) is 7.98. The summed E-state index contributed by atoms with van der Waals surface area (Å²) in [4.78, 5) is 18.6. The van der Waals surface area contributed by atoms with Crippen molar-refractivity contribution in [3.8, 4) is 11.1 Å². The Morgan fingerprint density at radius 2 is 1.75 bits per heavy atom. The summed E-state index contributed by atoms with van der Waals surface area (Å²) < 4.78 is 5.05. The third kappa shape index (κ3) is 5.64. The van der Waals surface area contributed by atoms with Crippen molar-refractivity contribution in [2.75, 3.05) is 19.7 Å². The highest BCUT2D eigenvalue weighted by atomic mass is 16.5. The number of hydrogen-bond donors (Lipinski definition) is 2. The quantitative estimate of drug-likeness (QED) is 0.438. The maximum atomic E-state index is 11.9. The zero-order valence-corrected chi connectivity index (χ0v) is 19.2. The number of aliphatic hydroxyl groups is 1. The molecule has 1 aliphatic heterocycles. The first-order valence-electron chi connectivity index (χ1n) is 11.3. The maximum Gasteiger partial charge on any atom is 0.338 e. The molecule has 0 amide bonds. The SMILES string of the molecule is CCCN(CCC)C(O)C1=Cc2ccc(-c3ccc(C(=O)OCC)cc3)cc2N=C(N)C1. The van der Waals surface area contributed by atoms with Crippen molar-refractivity contribution in [2.45, 2.75) is 46.3 Å². The van der Waals surface area contributed by atoms with Crippen molar-refractivity contribution in [3.63, 3.8) is 0 Å². The summed E-state index contributed by atoms with van der Waals surface area (Å²) in [7, 11) is 0. The average Bonchev–Trinajstić information content (AvgIpc) is 2.96. The molecule has 0 aromatic heterocycles. The summed E-state index contributed by atoms with van der Waals surface area (Å²) in [5.41, 5.74) is 11.3. The third-order valence-electron chi connectivity index (χ3n) is 5.45. The summed E-state index contributed by atoms with van der Waals surface area (Å²) in [6, 6.07) is 13.3. The number of carbonyl (C=O) groups excluding carboxylic acids is 1. The van der Waals surface area contributed by atoms with E-state index in [1.54, 1.807) is 19.1 Å². The highest BCUT2D eigenvalue weighted by molar-refractivity contribution is 5.92. The number of benzene rings is 2. The zero-order chi connectivity index (χ0) is 23.1. The number of aliphatic imine (C=N–C) groups is 1. The molecule has 6 nitrogen and oxygen atoms in total. The lowest BCUT2D eigenvalue weighted by molar-refractivity contribution is 0.0323. The van der Waals surface area contributed by atoms with E-state index in [2.05, 4.69) is 23.7 Å². The lowest BCUT2D eigenvalue weighted by atomic mass is 9.99. The molecular weight excluding hydrogens is 402 g/mol. The Hall–Kier alpha value is -2.96. The number of fused-ring (bicyclic) bond motifs is 1. The van der Waals surface area contributed by atoms with Crippen LogP contribution in [0.2, 0.25) is 0 Å². The van der Waals surface area contributed by atoms with E-state index in [1.807, 2.05) is 36.4 Å². The van der Waals surface area contributed by atoms with Gasteiger partial charge in [0, 0.05) is 25.1 Å². The molecule has 170 valence electrons. The number of aliphatic hydroxyl groups excluding tert-OH is 1. The summed E-state index contributed by atoms with van der Waals surface area (Å²) in [5.74, 6) is 0.159. The maximum absolute atomic E-state index is 11.9. The molecule has 0 saturated carbocycles. The van der Waals surface area contributed by atoms with Crippen LogP contribution in [-0.2, 0) is 4.74 Å². The molecule has 1 atom stereocenters. The van der Waals surface area contributed by atoms with Crippen LogP contribution in [0.5, 0.6) is 0 Å². The number of nitrogens with two attached hydrogens (primary N) is 1. The van der Waals surface area contributed by atoms with Crippen LogP contribution in [0.25, 0.3) is 17.2 Å². The fourth-order valence-corrected chi connectivity index (χ4v) is 3.94. The Morgan fingerprint density at radius 3 is 2.38 bits per heavy atom. The van der Waals surface area contributed by atoms with Gasteiger partial charge in [-0.1, -0.05) is 38.1 Å².